The van der Waals surface area contributed by atoms with Crippen LogP contribution in [0.25, 0.3) is 0 Å². The molecule has 0 saturated heterocycles. The van der Waals surface area contributed by atoms with Crippen LogP contribution in [0, 0.1) is 6.92 Å². The Morgan fingerprint density at radius 1 is 1.12 bits per heavy atom. The second kappa shape index (κ2) is 13.1. The molecule has 2 aromatic rings. The fraction of sp³-hybridized carbons (Fsp3) is 0.440. The van der Waals surface area contributed by atoms with Crippen LogP contribution in [-0.2, 0) is 16.1 Å². The fourth-order valence-electron chi connectivity index (χ4n) is 3.33. The standard InChI is InChI=1S/C25H33BrN2O4/c1-5-7-13-27-25(30)23(6-2)28(16-19-9-8-10-20(15-19)31-4)24(29)17-32-21-11-12-22(26)18(3)14-21/h8-12,14-15,23H,5-7,13,16-17H2,1-4H3,(H,27,30)/t23-/m0/s1. The number of carbonyl (C=O) groups is 2. The maximum atomic E-state index is 13.2. The number of halogens is 1. The third-order valence-corrected chi connectivity index (χ3v) is 6.08. The van der Waals surface area contributed by atoms with Crippen molar-refractivity contribution in [1.29, 1.82) is 0 Å². The first-order valence-electron chi connectivity index (χ1n) is 11.0. The van der Waals surface area contributed by atoms with Crippen molar-refractivity contribution in [2.24, 2.45) is 0 Å². The van der Waals surface area contributed by atoms with E-state index in [0.29, 0.717) is 31.0 Å². The number of rotatable bonds is 12. The Kier molecular flexibility index (Phi) is 10.5. The van der Waals surface area contributed by atoms with Gasteiger partial charge in [0.15, 0.2) is 6.61 Å². The summed E-state index contributed by atoms with van der Waals surface area (Å²) in [5, 5.41) is 2.96. The van der Waals surface area contributed by atoms with Crippen LogP contribution in [0.1, 0.15) is 44.2 Å². The van der Waals surface area contributed by atoms with Gasteiger partial charge in [0.2, 0.25) is 5.91 Å². The summed E-state index contributed by atoms with van der Waals surface area (Å²) >= 11 is 3.47. The highest BCUT2D eigenvalue weighted by Gasteiger charge is 2.29. The Bertz CT molecular complexity index is 903. The molecule has 0 aliphatic carbocycles. The molecular weight excluding hydrogens is 472 g/mol. The topological polar surface area (TPSA) is 67.9 Å². The number of carbonyl (C=O) groups excluding carboxylic acids is 2. The van der Waals surface area contributed by atoms with E-state index < -0.39 is 6.04 Å². The Morgan fingerprint density at radius 3 is 2.56 bits per heavy atom. The Hall–Kier alpha value is -2.54. The lowest BCUT2D eigenvalue weighted by Gasteiger charge is -2.30. The van der Waals surface area contributed by atoms with E-state index in [-0.39, 0.29) is 18.4 Å². The number of nitrogens with zero attached hydrogens (tertiary/aromatic N) is 1. The first kappa shape index (κ1) is 25.7. The number of hydrogen-bond donors (Lipinski definition) is 1. The van der Waals surface area contributed by atoms with Crippen LogP contribution in [0.3, 0.4) is 0 Å². The molecule has 0 unspecified atom stereocenters. The summed E-state index contributed by atoms with van der Waals surface area (Å²) in [6, 6.07) is 12.5. The minimum Gasteiger partial charge on any atom is -0.497 e. The van der Waals surface area contributed by atoms with E-state index in [2.05, 4.69) is 28.2 Å². The molecule has 0 radical (unpaired) electrons. The number of aryl methyl sites for hydroxylation is 1. The van der Waals surface area contributed by atoms with Gasteiger partial charge in [-0.15, -0.1) is 0 Å². The van der Waals surface area contributed by atoms with E-state index in [9.17, 15) is 9.59 Å². The number of nitrogens with one attached hydrogen (secondary N) is 1. The summed E-state index contributed by atoms with van der Waals surface area (Å²) in [6.07, 6.45) is 2.40. The molecule has 0 spiro atoms. The molecule has 0 bridgehead atoms. The molecule has 1 N–H and O–H groups in total. The second-order valence-corrected chi connectivity index (χ2v) is 8.50. The summed E-state index contributed by atoms with van der Waals surface area (Å²) in [5.41, 5.74) is 1.90. The van der Waals surface area contributed by atoms with Crippen molar-refractivity contribution in [3.8, 4) is 11.5 Å². The van der Waals surface area contributed by atoms with Crippen molar-refractivity contribution in [3.63, 3.8) is 0 Å². The van der Waals surface area contributed by atoms with Gasteiger partial charge in [-0.05, 0) is 61.2 Å². The number of hydrogen-bond acceptors (Lipinski definition) is 4. The van der Waals surface area contributed by atoms with E-state index in [1.54, 1.807) is 12.0 Å². The van der Waals surface area contributed by atoms with Crippen molar-refractivity contribution in [3.05, 3.63) is 58.1 Å². The minimum absolute atomic E-state index is 0.142. The molecule has 0 aliphatic heterocycles. The van der Waals surface area contributed by atoms with Crippen molar-refractivity contribution in [2.75, 3.05) is 20.3 Å². The van der Waals surface area contributed by atoms with Gasteiger partial charge in [-0.1, -0.05) is 48.3 Å². The number of unbranched alkanes of at least 4 members (excludes halogenated alkanes) is 1. The molecule has 6 nitrogen and oxygen atoms in total. The predicted octanol–water partition coefficient (Wildman–Crippen LogP) is 4.87. The normalized spacial score (nSPS) is 11.5. The van der Waals surface area contributed by atoms with Crippen LogP contribution in [0.4, 0.5) is 0 Å². The summed E-state index contributed by atoms with van der Waals surface area (Å²) in [4.78, 5) is 27.7. The summed E-state index contributed by atoms with van der Waals surface area (Å²) in [5.74, 6) is 0.931. The summed E-state index contributed by atoms with van der Waals surface area (Å²) < 4.78 is 12.1. The fourth-order valence-corrected chi connectivity index (χ4v) is 3.57. The van der Waals surface area contributed by atoms with Crippen LogP contribution in [0.2, 0.25) is 0 Å². The molecule has 0 aromatic heterocycles. The van der Waals surface area contributed by atoms with Gasteiger partial charge in [-0.2, -0.15) is 0 Å². The van der Waals surface area contributed by atoms with Gasteiger partial charge < -0.3 is 19.7 Å². The highest BCUT2D eigenvalue weighted by molar-refractivity contribution is 9.10. The van der Waals surface area contributed by atoms with Crippen molar-refractivity contribution >= 4 is 27.7 Å². The molecule has 2 rings (SSSR count). The number of amides is 2. The largest absolute Gasteiger partial charge is 0.497 e. The Balaban J connectivity index is 2.20. The first-order valence-corrected chi connectivity index (χ1v) is 11.8. The molecule has 174 valence electrons. The molecule has 1 atom stereocenters. The van der Waals surface area contributed by atoms with Gasteiger partial charge in [-0.3, -0.25) is 9.59 Å². The van der Waals surface area contributed by atoms with Crippen LogP contribution in [0.5, 0.6) is 11.5 Å². The average molecular weight is 505 g/mol. The van der Waals surface area contributed by atoms with Crippen molar-refractivity contribution in [2.45, 2.75) is 52.6 Å². The third kappa shape index (κ3) is 7.55. The Morgan fingerprint density at radius 2 is 1.91 bits per heavy atom. The van der Waals surface area contributed by atoms with E-state index >= 15 is 0 Å². The minimum atomic E-state index is -0.583. The van der Waals surface area contributed by atoms with Crippen molar-refractivity contribution in [1.82, 2.24) is 10.2 Å². The van der Waals surface area contributed by atoms with Gasteiger partial charge in [0.1, 0.15) is 17.5 Å². The summed E-state index contributed by atoms with van der Waals surface area (Å²) in [7, 11) is 1.60. The molecule has 32 heavy (non-hydrogen) atoms. The second-order valence-electron chi connectivity index (χ2n) is 7.64. The molecule has 0 aliphatic rings. The molecule has 0 fully saturated rings. The molecular formula is C25H33BrN2O4. The molecule has 7 heteroatoms. The van der Waals surface area contributed by atoms with Crippen LogP contribution in [-0.4, -0.2) is 43.0 Å². The average Bonchev–Trinajstić information content (AvgIpc) is 2.79. The van der Waals surface area contributed by atoms with E-state index in [4.69, 9.17) is 9.47 Å². The quantitative estimate of drug-likeness (QED) is 0.418. The third-order valence-electron chi connectivity index (χ3n) is 5.19. The van der Waals surface area contributed by atoms with E-state index in [0.717, 1.165) is 28.4 Å². The smallest absolute Gasteiger partial charge is 0.261 e. The predicted molar refractivity (Wildman–Crippen MR) is 130 cm³/mol. The zero-order chi connectivity index (χ0) is 23.5. The highest BCUT2D eigenvalue weighted by atomic mass is 79.9. The monoisotopic (exact) mass is 504 g/mol. The van der Waals surface area contributed by atoms with Crippen LogP contribution < -0.4 is 14.8 Å². The van der Waals surface area contributed by atoms with E-state index in [1.165, 1.54) is 0 Å². The maximum Gasteiger partial charge on any atom is 0.261 e. The van der Waals surface area contributed by atoms with E-state index in [1.807, 2.05) is 56.3 Å². The van der Waals surface area contributed by atoms with Gasteiger partial charge in [-0.25, -0.2) is 0 Å². The zero-order valence-corrected chi connectivity index (χ0v) is 20.9. The van der Waals surface area contributed by atoms with Gasteiger partial charge in [0, 0.05) is 17.6 Å². The lowest BCUT2D eigenvalue weighted by molar-refractivity contribution is -0.143. The molecule has 0 heterocycles. The maximum absolute atomic E-state index is 13.2. The Labute approximate surface area is 199 Å². The molecule has 0 saturated carbocycles. The number of benzene rings is 2. The van der Waals surface area contributed by atoms with Crippen molar-refractivity contribution < 1.29 is 19.1 Å². The summed E-state index contributed by atoms with van der Waals surface area (Å²) in [6.45, 7) is 6.68. The van der Waals surface area contributed by atoms with Gasteiger partial charge >= 0.3 is 0 Å². The first-order chi connectivity index (χ1) is 15.4. The molecule has 2 amide bonds. The zero-order valence-electron chi connectivity index (χ0n) is 19.3. The number of ether oxygens (including phenoxy) is 2. The SMILES string of the molecule is CCCCNC(=O)[C@H](CC)N(Cc1cccc(OC)c1)C(=O)COc1ccc(Br)c(C)c1. The van der Waals surface area contributed by atoms with Gasteiger partial charge in [0.05, 0.1) is 7.11 Å². The lowest BCUT2D eigenvalue weighted by atomic mass is 10.1. The lowest BCUT2D eigenvalue weighted by Crippen LogP contribution is -2.50. The van der Waals surface area contributed by atoms with Crippen LogP contribution in [0.15, 0.2) is 46.9 Å². The van der Waals surface area contributed by atoms with Crippen LogP contribution >= 0.6 is 15.9 Å². The van der Waals surface area contributed by atoms with Gasteiger partial charge in [0.25, 0.3) is 5.91 Å². The molecule has 2 aromatic carbocycles. The number of methoxy groups -OCH3 is 1. The highest BCUT2D eigenvalue weighted by Crippen LogP contribution is 2.22.